The first-order valence-electron chi connectivity index (χ1n) is 3.79. The Balaban J connectivity index is 2.95. The maximum absolute atomic E-state index is 5.81. The van der Waals surface area contributed by atoms with Gasteiger partial charge in [-0.2, -0.15) is 0 Å². The van der Waals surface area contributed by atoms with Crippen molar-refractivity contribution in [3.63, 3.8) is 0 Å². The SMILES string of the molecule is CS/C=C(\N)c1cccc(C)c1. The highest BCUT2D eigenvalue weighted by Crippen LogP contribution is 2.13. The van der Waals surface area contributed by atoms with E-state index in [4.69, 9.17) is 5.73 Å². The lowest BCUT2D eigenvalue weighted by molar-refractivity contribution is 1.43. The van der Waals surface area contributed by atoms with Gasteiger partial charge in [0.2, 0.25) is 0 Å². The van der Waals surface area contributed by atoms with E-state index in [1.165, 1.54) is 5.56 Å². The molecule has 0 atom stereocenters. The summed E-state index contributed by atoms with van der Waals surface area (Å²) < 4.78 is 0. The van der Waals surface area contributed by atoms with Crippen LogP contribution in [-0.2, 0) is 0 Å². The second-order valence-corrected chi connectivity index (χ2v) is 3.39. The highest BCUT2D eigenvalue weighted by atomic mass is 32.2. The molecule has 0 saturated carbocycles. The summed E-state index contributed by atoms with van der Waals surface area (Å²) in [5, 5.41) is 1.95. The molecule has 0 saturated heterocycles. The van der Waals surface area contributed by atoms with E-state index >= 15 is 0 Å². The van der Waals surface area contributed by atoms with Crippen molar-refractivity contribution in [1.82, 2.24) is 0 Å². The molecule has 1 nitrogen and oxygen atoms in total. The van der Waals surface area contributed by atoms with Crippen molar-refractivity contribution in [1.29, 1.82) is 0 Å². The predicted octanol–water partition coefficient (Wildman–Crippen LogP) is 2.62. The lowest BCUT2D eigenvalue weighted by atomic mass is 10.1. The van der Waals surface area contributed by atoms with Crippen LogP contribution in [-0.4, -0.2) is 6.26 Å². The Morgan fingerprint density at radius 3 is 2.83 bits per heavy atom. The topological polar surface area (TPSA) is 26.0 Å². The second kappa shape index (κ2) is 4.21. The average molecular weight is 179 g/mol. The Bertz CT molecular complexity index is 292. The third-order valence-electron chi connectivity index (χ3n) is 1.60. The molecule has 1 aromatic carbocycles. The number of nitrogens with two attached hydrogens (primary N) is 1. The first kappa shape index (κ1) is 9.20. The van der Waals surface area contributed by atoms with Gasteiger partial charge in [0.05, 0.1) is 0 Å². The zero-order valence-corrected chi connectivity index (χ0v) is 8.19. The van der Waals surface area contributed by atoms with Crippen LogP contribution in [0.3, 0.4) is 0 Å². The largest absolute Gasteiger partial charge is 0.398 e. The molecule has 2 heteroatoms. The lowest BCUT2D eigenvalue weighted by Gasteiger charge is -2.01. The van der Waals surface area contributed by atoms with E-state index in [1.54, 1.807) is 11.8 Å². The Labute approximate surface area is 77.7 Å². The fourth-order valence-electron chi connectivity index (χ4n) is 1.02. The van der Waals surface area contributed by atoms with Gasteiger partial charge in [0, 0.05) is 5.70 Å². The van der Waals surface area contributed by atoms with E-state index in [2.05, 4.69) is 19.1 Å². The van der Waals surface area contributed by atoms with Gasteiger partial charge in [-0.05, 0) is 30.2 Å². The average Bonchev–Trinajstić information content (AvgIpc) is 2.05. The molecular weight excluding hydrogens is 166 g/mol. The first-order valence-corrected chi connectivity index (χ1v) is 5.08. The van der Waals surface area contributed by atoms with Gasteiger partial charge in [0.25, 0.3) is 0 Å². The van der Waals surface area contributed by atoms with Crippen LogP contribution < -0.4 is 5.73 Å². The van der Waals surface area contributed by atoms with Crippen molar-refractivity contribution in [2.75, 3.05) is 6.26 Å². The van der Waals surface area contributed by atoms with Crippen LogP contribution in [0, 0.1) is 6.92 Å². The summed E-state index contributed by atoms with van der Waals surface area (Å²) in [7, 11) is 0. The van der Waals surface area contributed by atoms with Gasteiger partial charge >= 0.3 is 0 Å². The number of hydrogen-bond acceptors (Lipinski definition) is 2. The molecule has 1 aromatic rings. The first-order chi connectivity index (χ1) is 5.74. The third kappa shape index (κ3) is 2.31. The van der Waals surface area contributed by atoms with Crippen LogP contribution in [0.15, 0.2) is 29.7 Å². The molecule has 64 valence electrons. The van der Waals surface area contributed by atoms with Crippen molar-refractivity contribution >= 4 is 17.5 Å². The van der Waals surface area contributed by atoms with E-state index in [0.717, 1.165) is 11.3 Å². The summed E-state index contributed by atoms with van der Waals surface area (Å²) in [6, 6.07) is 8.19. The molecule has 0 heterocycles. The van der Waals surface area contributed by atoms with Crippen molar-refractivity contribution in [2.24, 2.45) is 5.73 Å². The number of thioether (sulfide) groups is 1. The monoisotopic (exact) mass is 179 g/mol. The van der Waals surface area contributed by atoms with Crippen molar-refractivity contribution in [3.05, 3.63) is 40.8 Å². The van der Waals surface area contributed by atoms with Gasteiger partial charge in [0.1, 0.15) is 0 Å². The maximum atomic E-state index is 5.81. The van der Waals surface area contributed by atoms with Crippen molar-refractivity contribution in [2.45, 2.75) is 6.92 Å². The second-order valence-electron chi connectivity index (χ2n) is 2.68. The third-order valence-corrected chi connectivity index (χ3v) is 2.09. The van der Waals surface area contributed by atoms with Crippen molar-refractivity contribution < 1.29 is 0 Å². The van der Waals surface area contributed by atoms with Crippen LogP contribution in [0.4, 0.5) is 0 Å². The zero-order chi connectivity index (χ0) is 8.97. The van der Waals surface area contributed by atoms with Gasteiger partial charge in [-0.1, -0.05) is 23.8 Å². The summed E-state index contributed by atoms with van der Waals surface area (Å²) >= 11 is 1.62. The van der Waals surface area contributed by atoms with Gasteiger partial charge in [-0.3, -0.25) is 0 Å². The summed E-state index contributed by atoms with van der Waals surface area (Å²) in [6.07, 6.45) is 2.00. The Hall–Kier alpha value is -0.890. The van der Waals surface area contributed by atoms with E-state index < -0.39 is 0 Å². The molecule has 0 aromatic heterocycles. The maximum Gasteiger partial charge on any atom is 0.0451 e. The van der Waals surface area contributed by atoms with E-state index in [-0.39, 0.29) is 0 Å². The molecular formula is C10H13NS. The van der Waals surface area contributed by atoms with Crippen LogP contribution in [0.5, 0.6) is 0 Å². The molecule has 0 unspecified atom stereocenters. The summed E-state index contributed by atoms with van der Waals surface area (Å²) in [5.74, 6) is 0. The molecule has 2 N–H and O–H groups in total. The predicted molar refractivity (Wildman–Crippen MR) is 56.9 cm³/mol. The van der Waals surface area contributed by atoms with Crippen molar-refractivity contribution in [3.8, 4) is 0 Å². The van der Waals surface area contributed by atoms with Crippen LogP contribution in [0.1, 0.15) is 11.1 Å². The minimum absolute atomic E-state index is 0.839. The minimum Gasteiger partial charge on any atom is -0.398 e. The smallest absolute Gasteiger partial charge is 0.0451 e. The number of benzene rings is 1. The highest BCUT2D eigenvalue weighted by molar-refractivity contribution is 8.01. The molecule has 0 amide bonds. The van der Waals surface area contributed by atoms with Gasteiger partial charge in [-0.15, -0.1) is 11.8 Å². The zero-order valence-electron chi connectivity index (χ0n) is 7.37. The molecule has 0 fully saturated rings. The van der Waals surface area contributed by atoms with Gasteiger partial charge < -0.3 is 5.73 Å². The normalized spacial score (nSPS) is 11.7. The van der Waals surface area contributed by atoms with Crippen LogP contribution >= 0.6 is 11.8 Å². The summed E-state index contributed by atoms with van der Waals surface area (Å²) in [4.78, 5) is 0. The quantitative estimate of drug-likeness (QED) is 0.755. The Kier molecular flexibility index (Phi) is 3.23. The number of hydrogen-bond donors (Lipinski definition) is 1. The van der Waals surface area contributed by atoms with E-state index in [9.17, 15) is 0 Å². The highest BCUT2D eigenvalue weighted by Gasteiger charge is 1.94. The molecule has 0 aliphatic heterocycles. The summed E-state index contributed by atoms with van der Waals surface area (Å²) in [5.41, 5.74) is 9.00. The Morgan fingerprint density at radius 2 is 2.25 bits per heavy atom. The fraction of sp³-hybridized carbons (Fsp3) is 0.200. The molecule has 0 aliphatic carbocycles. The molecule has 0 aliphatic rings. The summed E-state index contributed by atoms with van der Waals surface area (Å²) in [6.45, 7) is 2.07. The number of aryl methyl sites for hydroxylation is 1. The minimum atomic E-state index is 0.839. The molecule has 0 bridgehead atoms. The fourth-order valence-corrected chi connectivity index (χ4v) is 1.41. The standard InChI is InChI=1S/C10H13NS/c1-8-4-3-5-9(6-8)10(11)7-12-2/h3-7H,11H2,1-2H3/b10-7-. The lowest BCUT2D eigenvalue weighted by Crippen LogP contribution is -1.95. The van der Waals surface area contributed by atoms with Crippen LogP contribution in [0.2, 0.25) is 0 Å². The number of rotatable bonds is 2. The van der Waals surface area contributed by atoms with E-state index in [0.29, 0.717) is 0 Å². The molecule has 0 radical (unpaired) electrons. The molecule has 12 heavy (non-hydrogen) atoms. The van der Waals surface area contributed by atoms with Crippen LogP contribution in [0.25, 0.3) is 5.70 Å². The van der Waals surface area contributed by atoms with Gasteiger partial charge in [0.15, 0.2) is 0 Å². The molecule has 0 spiro atoms. The Morgan fingerprint density at radius 1 is 1.50 bits per heavy atom. The molecule has 1 rings (SSSR count). The van der Waals surface area contributed by atoms with E-state index in [1.807, 2.05) is 23.8 Å². The van der Waals surface area contributed by atoms with Gasteiger partial charge in [-0.25, -0.2) is 0 Å².